The molecule has 6 saturated heterocycles. The molecule has 0 atom stereocenters. The maximum absolute atomic E-state index is 6.61. The Balaban J connectivity index is 0.00000200. The standard InChI is InChI=1S/C31H58ClN11.4BrH.2ClH/c32-29-35-30(38-9-3-15-42(19-11-38)25-21-40(22-26-42)13-1-5-33-7-17-40)37-31(36-29)39-10-4-16-43(20-12-39)27-23-41(24-28-43)14-2-6-34-8-18-41;;;;;;/h33-34H,1-28H2;6*1H/q+4;;;;;;/p-4. The Kier molecular flexibility index (Phi) is 20.9. The Morgan fingerprint density at radius 3 is 1.14 bits per heavy atom. The molecule has 0 unspecified atom stereocenters. The van der Waals surface area contributed by atoms with E-state index >= 15 is 0 Å². The SMILES string of the molecule is Cl.Cl.Clc1nc(N2CCC[N+]3(CC2)CC[N+]2(CCCNCC2)CC3)nc(N2CCC[N+]3(CC2)CC[N+]2(CCCNCC2)CC3)n1.[Br-].[Br-].[Br-].[Br-]. The molecule has 6 aliphatic heterocycles. The lowest BCUT2D eigenvalue weighted by Gasteiger charge is -2.49. The fourth-order valence-corrected chi connectivity index (χ4v) is 9.59. The van der Waals surface area contributed by atoms with Crippen molar-refractivity contribution in [1.29, 1.82) is 0 Å². The molecule has 6 fully saturated rings. The molecule has 0 bridgehead atoms. The van der Waals surface area contributed by atoms with Gasteiger partial charge < -0.3 is 106 Å². The van der Waals surface area contributed by atoms with Crippen molar-refractivity contribution in [1.82, 2.24) is 25.6 Å². The van der Waals surface area contributed by atoms with Crippen LogP contribution in [0.3, 0.4) is 0 Å². The zero-order valence-electron chi connectivity index (χ0n) is 29.0. The summed E-state index contributed by atoms with van der Waals surface area (Å²) in [6, 6.07) is 0. The quantitative estimate of drug-likeness (QED) is 0.286. The molecule has 18 heteroatoms. The molecule has 49 heavy (non-hydrogen) atoms. The number of rotatable bonds is 2. The van der Waals surface area contributed by atoms with Crippen molar-refractivity contribution in [2.24, 2.45) is 0 Å². The number of nitrogens with one attached hydrogen (secondary N) is 2. The largest absolute Gasteiger partial charge is 1.00 e. The molecule has 7 rings (SSSR count). The topological polar surface area (TPSA) is 69.2 Å². The lowest BCUT2D eigenvalue weighted by molar-refractivity contribution is -1.03. The third-order valence-corrected chi connectivity index (χ3v) is 12.8. The number of nitrogens with zero attached hydrogens (tertiary/aromatic N) is 9. The molecule has 288 valence electrons. The van der Waals surface area contributed by atoms with Gasteiger partial charge in [0.15, 0.2) is 0 Å². The third-order valence-electron chi connectivity index (χ3n) is 12.7. The summed E-state index contributed by atoms with van der Waals surface area (Å²) in [5.74, 6) is 1.59. The molecule has 1 aromatic rings. The average molecular weight is 1010 g/mol. The molecule has 2 N–H and O–H groups in total. The van der Waals surface area contributed by atoms with Gasteiger partial charge in [-0.2, -0.15) is 15.0 Å². The first-order chi connectivity index (χ1) is 21.0. The van der Waals surface area contributed by atoms with E-state index < -0.39 is 0 Å². The molecule has 1 aromatic heterocycles. The van der Waals surface area contributed by atoms with Crippen molar-refractivity contribution in [3.05, 3.63) is 5.28 Å². The van der Waals surface area contributed by atoms with E-state index in [0.717, 1.165) is 38.1 Å². The van der Waals surface area contributed by atoms with Crippen LogP contribution in [0.15, 0.2) is 0 Å². The van der Waals surface area contributed by atoms with Crippen molar-refractivity contribution in [2.75, 3.05) is 167 Å². The molecule has 6 aliphatic rings. The summed E-state index contributed by atoms with van der Waals surface area (Å²) >= 11 is 6.61. The van der Waals surface area contributed by atoms with Crippen LogP contribution in [0.5, 0.6) is 0 Å². The van der Waals surface area contributed by atoms with E-state index in [1.54, 1.807) is 0 Å². The minimum Gasteiger partial charge on any atom is -1.00 e. The fraction of sp³-hybridized carbons (Fsp3) is 0.903. The predicted molar refractivity (Wildman–Crippen MR) is 187 cm³/mol. The molecule has 0 saturated carbocycles. The van der Waals surface area contributed by atoms with Gasteiger partial charge in [0.25, 0.3) is 0 Å². The van der Waals surface area contributed by atoms with Gasteiger partial charge >= 0.3 is 0 Å². The van der Waals surface area contributed by atoms with E-state index in [-0.39, 0.29) is 92.7 Å². The monoisotopic (exact) mass is 1010 g/mol. The van der Waals surface area contributed by atoms with E-state index in [1.165, 1.54) is 175 Å². The van der Waals surface area contributed by atoms with Gasteiger partial charge in [0.05, 0.1) is 65.4 Å². The number of aromatic nitrogens is 3. The van der Waals surface area contributed by atoms with Gasteiger partial charge in [0, 0.05) is 65.0 Å². The molecule has 0 amide bonds. The Morgan fingerprint density at radius 2 is 0.755 bits per heavy atom. The van der Waals surface area contributed by atoms with Gasteiger partial charge in [-0.25, -0.2) is 0 Å². The maximum atomic E-state index is 6.61. The van der Waals surface area contributed by atoms with Crippen LogP contribution >= 0.6 is 36.4 Å². The third kappa shape index (κ3) is 11.6. The molecule has 0 radical (unpaired) electrons. The van der Waals surface area contributed by atoms with Crippen molar-refractivity contribution >= 4 is 48.3 Å². The van der Waals surface area contributed by atoms with E-state index in [0.29, 0.717) is 5.28 Å². The summed E-state index contributed by atoms with van der Waals surface area (Å²) in [5.41, 5.74) is 0. The summed E-state index contributed by atoms with van der Waals surface area (Å²) in [7, 11) is 0. The fourth-order valence-electron chi connectivity index (χ4n) is 9.44. The summed E-state index contributed by atoms with van der Waals surface area (Å²) in [6.07, 6.45) is 5.04. The Morgan fingerprint density at radius 1 is 0.408 bits per heavy atom. The lowest BCUT2D eigenvalue weighted by atomic mass is 10.1. The number of anilines is 2. The highest BCUT2D eigenvalue weighted by molar-refractivity contribution is 6.28. The van der Waals surface area contributed by atoms with E-state index in [9.17, 15) is 0 Å². The van der Waals surface area contributed by atoms with Crippen molar-refractivity contribution in [3.8, 4) is 0 Å². The Bertz CT molecular complexity index is 1010. The van der Waals surface area contributed by atoms with Crippen LogP contribution in [0.2, 0.25) is 5.28 Å². The molecular weight excluding hydrogens is 952 g/mol. The van der Waals surface area contributed by atoms with Crippen LogP contribution in [0.1, 0.15) is 25.7 Å². The number of piperazine rings is 2. The minimum absolute atomic E-state index is 0. The van der Waals surface area contributed by atoms with Gasteiger partial charge in [-0.15, -0.1) is 24.8 Å². The van der Waals surface area contributed by atoms with E-state index in [1.807, 2.05) is 0 Å². The normalized spacial score (nSPS) is 33.5. The second-order valence-corrected chi connectivity index (χ2v) is 15.4. The first-order valence-electron chi connectivity index (χ1n) is 17.7. The molecule has 7 heterocycles. The van der Waals surface area contributed by atoms with E-state index in [2.05, 4.69) is 30.4 Å². The van der Waals surface area contributed by atoms with Gasteiger partial charge in [-0.05, 0) is 11.6 Å². The molecule has 0 aromatic carbocycles. The van der Waals surface area contributed by atoms with Crippen LogP contribution in [0.4, 0.5) is 11.9 Å². The van der Waals surface area contributed by atoms with Crippen LogP contribution in [0.25, 0.3) is 0 Å². The van der Waals surface area contributed by atoms with Crippen LogP contribution in [0, 0.1) is 0 Å². The van der Waals surface area contributed by atoms with Crippen LogP contribution < -0.4 is 88.4 Å². The van der Waals surface area contributed by atoms with Crippen molar-refractivity contribution < 1.29 is 85.9 Å². The number of hydrogen-bond donors (Lipinski definition) is 2. The van der Waals surface area contributed by atoms with Gasteiger partial charge in [0.2, 0.25) is 17.2 Å². The van der Waals surface area contributed by atoms with Gasteiger partial charge in [0.1, 0.15) is 52.4 Å². The second kappa shape index (κ2) is 21.3. The molecule has 4 spiro atoms. The van der Waals surface area contributed by atoms with Crippen molar-refractivity contribution in [3.63, 3.8) is 0 Å². The summed E-state index contributed by atoms with van der Waals surface area (Å²) in [6.45, 7) is 29.8. The highest BCUT2D eigenvalue weighted by Gasteiger charge is 2.44. The van der Waals surface area contributed by atoms with Gasteiger partial charge in [-0.1, -0.05) is 0 Å². The van der Waals surface area contributed by atoms with Crippen molar-refractivity contribution in [2.45, 2.75) is 25.7 Å². The number of halogens is 7. The highest BCUT2D eigenvalue weighted by atomic mass is 79.9. The van der Waals surface area contributed by atoms with E-state index in [4.69, 9.17) is 16.6 Å². The number of hydrogen-bond acceptors (Lipinski definition) is 7. The number of quaternary nitrogens is 4. The Hall–Kier alpha value is 1.16. The zero-order valence-corrected chi connectivity index (χ0v) is 37.8. The first kappa shape index (κ1) is 48.2. The minimum atomic E-state index is 0. The summed E-state index contributed by atoms with van der Waals surface area (Å²) < 4.78 is 5.24. The summed E-state index contributed by atoms with van der Waals surface area (Å²) in [5, 5.41) is 7.60. The first-order valence-corrected chi connectivity index (χ1v) is 18.1. The Labute approximate surface area is 354 Å². The average Bonchev–Trinajstić information content (AvgIpc) is 3.56. The molecular formula is C31H60Br4Cl3N11. The predicted octanol–water partition coefficient (Wildman–Crippen LogP) is -10.9. The van der Waals surface area contributed by atoms with Crippen LogP contribution in [-0.4, -0.2) is 190 Å². The lowest BCUT2D eigenvalue weighted by Crippen LogP contribution is -3.00. The van der Waals surface area contributed by atoms with Crippen LogP contribution in [-0.2, 0) is 0 Å². The smallest absolute Gasteiger partial charge is 0.231 e. The molecule has 0 aliphatic carbocycles. The maximum Gasteiger partial charge on any atom is 0.231 e. The highest BCUT2D eigenvalue weighted by Crippen LogP contribution is 2.27. The summed E-state index contributed by atoms with van der Waals surface area (Å²) in [4.78, 5) is 19.3. The second-order valence-electron chi connectivity index (χ2n) is 15.0. The molecule has 11 nitrogen and oxygen atoms in total. The van der Waals surface area contributed by atoms with Gasteiger partial charge in [-0.3, -0.25) is 0 Å². The zero-order chi connectivity index (χ0) is 29.2.